The molecule has 0 heterocycles. The highest BCUT2D eigenvalue weighted by molar-refractivity contribution is 5.17. The molecule has 0 saturated carbocycles. The van der Waals surface area contributed by atoms with Gasteiger partial charge in [-0.2, -0.15) is 0 Å². The fraction of sp³-hybridized carbons (Fsp3) is 0.692. The highest BCUT2D eigenvalue weighted by Gasteiger charge is 2.19. The van der Waals surface area contributed by atoms with E-state index < -0.39 is 0 Å². The largest absolute Gasteiger partial charge is 0.328 e. The molecule has 1 aliphatic rings. The summed E-state index contributed by atoms with van der Waals surface area (Å²) >= 11 is 0. The van der Waals surface area contributed by atoms with E-state index in [-0.39, 0.29) is 0 Å². The second kappa shape index (κ2) is 5.35. The average molecular weight is 194 g/mol. The Morgan fingerprint density at radius 3 is 2.29 bits per heavy atom. The zero-order valence-electron chi connectivity index (χ0n) is 9.87. The first-order valence-electron chi connectivity index (χ1n) is 5.81. The minimum atomic E-state index is 0.673. The first-order valence-corrected chi connectivity index (χ1v) is 5.81. The van der Waals surface area contributed by atoms with Crippen LogP contribution >= 0.6 is 0 Å². The topological polar surface area (TPSA) is 0 Å². The molecule has 1 heteroatoms. The summed E-state index contributed by atoms with van der Waals surface area (Å²) in [5.41, 5.74) is 0. The summed E-state index contributed by atoms with van der Waals surface area (Å²) in [6.45, 7) is 4.82. The van der Waals surface area contributed by atoms with Crippen molar-refractivity contribution in [1.29, 1.82) is 0 Å². The Kier molecular flexibility index (Phi) is 4.40. The first kappa shape index (κ1) is 11.5. The average Bonchev–Trinajstić information content (AvgIpc) is 2.56. The van der Waals surface area contributed by atoms with Crippen molar-refractivity contribution in [3.8, 4) is 0 Å². The van der Waals surface area contributed by atoms with Crippen LogP contribution in [0.3, 0.4) is 0 Å². The molecule has 0 spiro atoms. The molecular weight excluding hydrogens is 170 g/mol. The van der Waals surface area contributed by atoms with Gasteiger partial charge < -0.3 is 4.48 Å². The van der Waals surface area contributed by atoms with Crippen LogP contribution in [-0.2, 0) is 0 Å². The van der Waals surface area contributed by atoms with Gasteiger partial charge in [0.2, 0.25) is 0 Å². The second-order valence-corrected chi connectivity index (χ2v) is 4.98. The number of allylic oxidation sites excluding steroid dienone is 2. The molecule has 0 fully saturated rings. The number of unbranched alkanes of at least 4 members (excludes halogenated alkanes) is 2. The Morgan fingerprint density at radius 2 is 1.71 bits per heavy atom. The second-order valence-electron chi connectivity index (χ2n) is 4.98. The van der Waals surface area contributed by atoms with Gasteiger partial charge in [0.1, 0.15) is 0 Å². The molecule has 1 rings (SSSR count). The van der Waals surface area contributed by atoms with Gasteiger partial charge in [0.25, 0.3) is 0 Å². The predicted molar refractivity (Wildman–Crippen MR) is 63.1 cm³/mol. The summed E-state index contributed by atoms with van der Waals surface area (Å²) in [7, 11) is 4.69. The van der Waals surface area contributed by atoms with E-state index in [9.17, 15) is 0 Å². The highest BCUT2D eigenvalue weighted by Crippen LogP contribution is 2.14. The molecule has 0 atom stereocenters. The van der Waals surface area contributed by atoms with Gasteiger partial charge in [-0.05, 0) is 12.8 Å². The van der Waals surface area contributed by atoms with Crippen molar-refractivity contribution in [1.82, 2.24) is 0 Å². The Bertz CT molecular complexity index is 201. The number of hydrogen-bond acceptors (Lipinski definition) is 0. The molecule has 0 saturated heterocycles. The van der Waals surface area contributed by atoms with Gasteiger partial charge in [-0.15, -0.1) is 0 Å². The van der Waals surface area contributed by atoms with E-state index >= 15 is 0 Å². The van der Waals surface area contributed by atoms with Crippen molar-refractivity contribution in [2.75, 3.05) is 27.2 Å². The summed E-state index contributed by atoms with van der Waals surface area (Å²) in [6.07, 6.45) is 13.0. The summed E-state index contributed by atoms with van der Waals surface area (Å²) in [5.74, 6) is 0.673. The van der Waals surface area contributed by atoms with Gasteiger partial charge in [-0.25, -0.2) is 0 Å². The number of quaternary nitrogens is 1. The molecule has 1 nitrogen and oxygen atoms in total. The molecular formula is C13H24N+. The molecule has 0 aliphatic heterocycles. The molecule has 0 N–H and O–H groups in total. The minimum Gasteiger partial charge on any atom is -0.328 e. The summed E-state index contributed by atoms with van der Waals surface area (Å²) < 4.78 is 1.15. The molecule has 0 bridgehead atoms. The molecule has 0 aromatic rings. The predicted octanol–water partition coefficient (Wildman–Crippen LogP) is 3.00. The van der Waals surface area contributed by atoms with Gasteiger partial charge in [0.15, 0.2) is 0 Å². The van der Waals surface area contributed by atoms with Crippen LogP contribution in [-0.4, -0.2) is 31.7 Å². The van der Waals surface area contributed by atoms with Crippen LogP contribution < -0.4 is 0 Å². The lowest BCUT2D eigenvalue weighted by Crippen LogP contribution is -2.43. The maximum absolute atomic E-state index is 2.34. The van der Waals surface area contributed by atoms with Crippen molar-refractivity contribution in [2.45, 2.75) is 26.2 Å². The van der Waals surface area contributed by atoms with E-state index in [1.54, 1.807) is 0 Å². The fourth-order valence-corrected chi connectivity index (χ4v) is 2.05. The highest BCUT2D eigenvalue weighted by atomic mass is 15.3. The third-order valence-corrected chi connectivity index (χ3v) is 2.90. The molecule has 0 amide bonds. The van der Waals surface area contributed by atoms with Crippen molar-refractivity contribution in [2.24, 2.45) is 5.92 Å². The Morgan fingerprint density at radius 1 is 1.07 bits per heavy atom. The smallest absolute Gasteiger partial charge is 0.0881 e. The lowest BCUT2D eigenvalue weighted by molar-refractivity contribution is -0.892. The summed E-state index contributed by atoms with van der Waals surface area (Å²) in [5, 5.41) is 0. The van der Waals surface area contributed by atoms with Gasteiger partial charge in [-0.3, -0.25) is 0 Å². The maximum Gasteiger partial charge on any atom is 0.0881 e. The zero-order chi connectivity index (χ0) is 10.4. The van der Waals surface area contributed by atoms with Crippen LogP contribution in [0.5, 0.6) is 0 Å². The molecule has 0 radical (unpaired) electrons. The minimum absolute atomic E-state index is 0.673. The monoisotopic (exact) mass is 194 g/mol. The standard InChI is InChI=1S/C13H24N/c1-4-5-8-11-14(2,3)12-13-9-6-7-10-13/h6-7,9-10,13H,4-5,8,11-12H2,1-3H3/q+1. The lowest BCUT2D eigenvalue weighted by atomic mass is 10.1. The zero-order valence-corrected chi connectivity index (χ0v) is 9.87. The van der Waals surface area contributed by atoms with Crippen LogP contribution in [0.1, 0.15) is 26.2 Å². The Hall–Kier alpha value is -0.560. The molecule has 80 valence electrons. The molecule has 0 aromatic carbocycles. The van der Waals surface area contributed by atoms with Gasteiger partial charge in [-0.1, -0.05) is 37.6 Å². The van der Waals surface area contributed by atoms with Gasteiger partial charge >= 0.3 is 0 Å². The summed E-state index contributed by atoms with van der Waals surface area (Å²) in [6, 6.07) is 0. The van der Waals surface area contributed by atoms with Crippen LogP contribution in [0.4, 0.5) is 0 Å². The van der Waals surface area contributed by atoms with Crippen LogP contribution in [0.25, 0.3) is 0 Å². The number of nitrogens with zero attached hydrogens (tertiary/aromatic N) is 1. The molecule has 14 heavy (non-hydrogen) atoms. The third-order valence-electron chi connectivity index (χ3n) is 2.90. The van der Waals surface area contributed by atoms with E-state index in [1.165, 1.54) is 32.4 Å². The lowest BCUT2D eigenvalue weighted by Gasteiger charge is -2.31. The first-order chi connectivity index (χ1) is 6.64. The molecule has 0 aromatic heterocycles. The van der Waals surface area contributed by atoms with Crippen molar-refractivity contribution in [3.05, 3.63) is 24.3 Å². The van der Waals surface area contributed by atoms with E-state index in [2.05, 4.69) is 45.3 Å². The van der Waals surface area contributed by atoms with Crippen LogP contribution in [0.2, 0.25) is 0 Å². The van der Waals surface area contributed by atoms with Crippen molar-refractivity contribution in [3.63, 3.8) is 0 Å². The number of rotatable bonds is 6. The van der Waals surface area contributed by atoms with E-state index in [1.807, 2.05) is 0 Å². The molecule has 0 unspecified atom stereocenters. The third kappa shape index (κ3) is 4.10. The quantitative estimate of drug-likeness (QED) is 0.450. The van der Waals surface area contributed by atoms with Gasteiger partial charge in [0.05, 0.1) is 27.2 Å². The maximum atomic E-state index is 2.34. The fourth-order valence-electron chi connectivity index (χ4n) is 2.05. The van der Waals surface area contributed by atoms with Crippen molar-refractivity contribution < 1.29 is 4.48 Å². The van der Waals surface area contributed by atoms with Crippen LogP contribution in [0, 0.1) is 5.92 Å². The summed E-state index contributed by atoms with van der Waals surface area (Å²) in [4.78, 5) is 0. The normalized spacial score (nSPS) is 16.8. The van der Waals surface area contributed by atoms with Crippen LogP contribution in [0.15, 0.2) is 24.3 Å². The van der Waals surface area contributed by atoms with Gasteiger partial charge in [0, 0.05) is 5.92 Å². The van der Waals surface area contributed by atoms with E-state index in [4.69, 9.17) is 0 Å². The Labute approximate surface area is 88.7 Å². The Balaban J connectivity index is 2.25. The number of hydrogen-bond donors (Lipinski definition) is 0. The van der Waals surface area contributed by atoms with Crippen molar-refractivity contribution >= 4 is 0 Å². The van der Waals surface area contributed by atoms with E-state index in [0.717, 1.165) is 4.48 Å². The SMILES string of the molecule is CCCCC[N+](C)(C)CC1C=CC=C1. The van der Waals surface area contributed by atoms with E-state index in [0.29, 0.717) is 5.92 Å². The molecule has 1 aliphatic carbocycles.